The van der Waals surface area contributed by atoms with Gasteiger partial charge < -0.3 is 9.80 Å². The fourth-order valence-corrected chi connectivity index (χ4v) is 3.37. The highest BCUT2D eigenvalue weighted by Gasteiger charge is 2.35. The molecule has 130 valence electrons. The van der Waals surface area contributed by atoms with E-state index in [-0.39, 0.29) is 11.8 Å². The van der Waals surface area contributed by atoms with Crippen LogP contribution in [0.25, 0.3) is 0 Å². The topological polar surface area (TPSA) is 40.6 Å². The Morgan fingerprint density at radius 3 is 2.60 bits per heavy atom. The van der Waals surface area contributed by atoms with Gasteiger partial charge in [0.1, 0.15) is 6.04 Å². The summed E-state index contributed by atoms with van der Waals surface area (Å²) in [5.41, 5.74) is 3.44. The van der Waals surface area contributed by atoms with E-state index >= 15 is 0 Å². The van der Waals surface area contributed by atoms with Crippen molar-refractivity contribution in [1.29, 1.82) is 0 Å². The summed E-state index contributed by atoms with van der Waals surface area (Å²) >= 11 is 6.09. The minimum absolute atomic E-state index is 0.0855. The number of benzene rings is 2. The Kier molecular flexibility index (Phi) is 4.82. The molecule has 2 amide bonds. The van der Waals surface area contributed by atoms with Crippen LogP contribution in [-0.4, -0.2) is 35.8 Å². The van der Waals surface area contributed by atoms with Crippen molar-refractivity contribution in [2.45, 2.75) is 26.8 Å². The molecule has 1 atom stereocenters. The second kappa shape index (κ2) is 6.89. The van der Waals surface area contributed by atoms with Crippen molar-refractivity contribution in [3.63, 3.8) is 0 Å². The molecule has 0 aromatic heterocycles. The molecule has 25 heavy (non-hydrogen) atoms. The van der Waals surface area contributed by atoms with Gasteiger partial charge in [0.15, 0.2) is 0 Å². The van der Waals surface area contributed by atoms with Crippen LogP contribution in [0.4, 0.5) is 5.69 Å². The lowest BCUT2D eigenvalue weighted by Gasteiger charge is -2.39. The van der Waals surface area contributed by atoms with Crippen molar-refractivity contribution in [2.24, 2.45) is 0 Å². The molecule has 0 radical (unpaired) electrons. The van der Waals surface area contributed by atoms with Crippen LogP contribution in [-0.2, 0) is 4.79 Å². The number of piperazine rings is 1. The molecule has 3 rings (SSSR count). The third kappa shape index (κ3) is 3.40. The molecule has 1 aliphatic heterocycles. The van der Waals surface area contributed by atoms with E-state index in [0.717, 1.165) is 16.8 Å². The minimum Gasteiger partial charge on any atom is -0.325 e. The van der Waals surface area contributed by atoms with Gasteiger partial charge in [-0.25, -0.2) is 0 Å². The lowest BCUT2D eigenvalue weighted by molar-refractivity contribution is -0.124. The molecule has 1 saturated heterocycles. The molecule has 2 aromatic carbocycles. The molecule has 1 aliphatic rings. The summed E-state index contributed by atoms with van der Waals surface area (Å²) in [6, 6.07) is 12.5. The number of nitrogens with zero attached hydrogens (tertiary/aromatic N) is 2. The molecule has 0 saturated carbocycles. The number of amides is 2. The van der Waals surface area contributed by atoms with Crippen LogP contribution in [0.2, 0.25) is 5.02 Å². The Hall–Kier alpha value is -2.33. The lowest BCUT2D eigenvalue weighted by atomic mass is 10.1. The Labute approximate surface area is 153 Å². The maximum Gasteiger partial charge on any atom is 0.254 e. The highest BCUT2D eigenvalue weighted by atomic mass is 35.5. The van der Waals surface area contributed by atoms with E-state index in [1.165, 1.54) is 0 Å². The number of carbonyl (C=O) groups excluding carboxylic acids is 2. The lowest BCUT2D eigenvalue weighted by Crippen LogP contribution is -2.58. The Balaban J connectivity index is 1.84. The summed E-state index contributed by atoms with van der Waals surface area (Å²) < 4.78 is 0. The van der Waals surface area contributed by atoms with Gasteiger partial charge in [-0.15, -0.1) is 0 Å². The first-order chi connectivity index (χ1) is 11.9. The van der Waals surface area contributed by atoms with Crippen molar-refractivity contribution >= 4 is 29.1 Å². The van der Waals surface area contributed by atoms with Crippen LogP contribution in [0.3, 0.4) is 0 Å². The van der Waals surface area contributed by atoms with E-state index in [0.29, 0.717) is 23.7 Å². The Morgan fingerprint density at radius 2 is 1.88 bits per heavy atom. The van der Waals surface area contributed by atoms with Gasteiger partial charge in [-0.2, -0.15) is 0 Å². The Morgan fingerprint density at radius 1 is 1.12 bits per heavy atom. The van der Waals surface area contributed by atoms with Gasteiger partial charge in [0.2, 0.25) is 5.91 Å². The zero-order valence-electron chi connectivity index (χ0n) is 14.6. The van der Waals surface area contributed by atoms with Crippen LogP contribution in [0.15, 0.2) is 42.5 Å². The van der Waals surface area contributed by atoms with Gasteiger partial charge in [-0.3, -0.25) is 9.59 Å². The van der Waals surface area contributed by atoms with Crippen molar-refractivity contribution in [1.82, 2.24) is 4.90 Å². The summed E-state index contributed by atoms with van der Waals surface area (Å²) in [5.74, 6) is -0.190. The molecule has 4 nitrogen and oxygen atoms in total. The van der Waals surface area contributed by atoms with Gasteiger partial charge in [0.25, 0.3) is 5.91 Å². The molecule has 5 heteroatoms. The van der Waals surface area contributed by atoms with Crippen LogP contribution in [0.5, 0.6) is 0 Å². The van der Waals surface area contributed by atoms with Crippen molar-refractivity contribution in [3.8, 4) is 0 Å². The summed E-state index contributed by atoms with van der Waals surface area (Å²) in [6.07, 6.45) is 0. The van der Waals surface area contributed by atoms with E-state index < -0.39 is 6.04 Å². The van der Waals surface area contributed by atoms with Gasteiger partial charge in [-0.1, -0.05) is 35.4 Å². The molecule has 1 fully saturated rings. The Bertz CT molecular complexity index is 834. The number of carbonyl (C=O) groups is 2. The first-order valence-electron chi connectivity index (χ1n) is 8.33. The number of anilines is 1. The normalized spacial score (nSPS) is 17.8. The van der Waals surface area contributed by atoms with Crippen LogP contribution >= 0.6 is 11.6 Å². The number of hydrogen-bond acceptors (Lipinski definition) is 2. The maximum absolute atomic E-state index is 12.9. The fourth-order valence-electron chi connectivity index (χ4n) is 3.20. The van der Waals surface area contributed by atoms with E-state index in [9.17, 15) is 9.59 Å². The first-order valence-corrected chi connectivity index (χ1v) is 8.71. The highest BCUT2D eigenvalue weighted by molar-refractivity contribution is 6.31. The zero-order chi connectivity index (χ0) is 18.1. The quantitative estimate of drug-likeness (QED) is 0.820. The summed E-state index contributed by atoms with van der Waals surface area (Å²) in [6.45, 7) is 6.63. The van der Waals surface area contributed by atoms with Gasteiger partial charge in [-0.05, 0) is 50.6 Å². The highest BCUT2D eigenvalue weighted by Crippen LogP contribution is 2.27. The zero-order valence-corrected chi connectivity index (χ0v) is 15.4. The van der Waals surface area contributed by atoms with Crippen molar-refractivity contribution in [2.75, 3.05) is 18.0 Å². The smallest absolute Gasteiger partial charge is 0.254 e. The first kappa shape index (κ1) is 17.5. The molecule has 0 spiro atoms. The second-order valence-corrected chi connectivity index (χ2v) is 6.90. The third-order valence-corrected chi connectivity index (χ3v) is 4.88. The standard InChI is InChI=1S/C20H21ClN2O2/c1-13-5-4-6-16(11-13)20(25)22-9-10-23(19(24)15(22)3)18-12-17(21)8-7-14(18)2/h4-8,11-12,15H,9-10H2,1-3H3/t15-/m1/s1. The number of aryl methyl sites for hydroxylation is 2. The molecular formula is C20H21ClN2O2. The molecule has 0 bridgehead atoms. The maximum atomic E-state index is 12.9. The van der Waals surface area contributed by atoms with Crippen LogP contribution in [0.1, 0.15) is 28.4 Å². The minimum atomic E-state index is -0.514. The third-order valence-electron chi connectivity index (χ3n) is 4.64. The SMILES string of the molecule is Cc1cccc(C(=O)N2CCN(c3cc(Cl)ccc3C)C(=O)[C@H]2C)c1. The average molecular weight is 357 g/mol. The number of rotatable bonds is 2. The van der Waals surface area contributed by atoms with Crippen molar-refractivity contribution < 1.29 is 9.59 Å². The molecular weight excluding hydrogens is 336 g/mol. The second-order valence-electron chi connectivity index (χ2n) is 6.46. The fraction of sp³-hybridized carbons (Fsp3) is 0.300. The number of halogens is 1. The monoisotopic (exact) mass is 356 g/mol. The van der Waals surface area contributed by atoms with Crippen LogP contribution < -0.4 is 4.90 Å². The number of hydrogen-bond donors (Lipinski definition) is 0. The van der Waals surface area contributed by atoms with Gasteiger partial charge >= 0.3 is 0 Å². The summed E-state index contributed by atoms with van der Waals surface area (Å²) in [5, 5.41) is 0.597. The van der Waals surface area contributed by atoms with Gasteiger partial charge in [0, 0.05) is 29.4 Å². The molecule has 0 unspecified atom stereocenters. The van der Waals surface area contributed by atoms with Gasteiger partial charge in [0.05, 0.1) is 0 Å². The van der Waals surface area contributed by atoms with E-state index in [4.69, 9.17) is 11.6 Å². The predicted octanol–water partition coefficient (Wildman–Crippen LogP) is 3.83. The molecule has 0 aliphatic carbocycles. The van der Waals surface area contributed by atoms with E-state index in [2.05, 4.69) is 0 Å². The predicted molar refractivity (Wildman–Crippen MR) is 100 cm³/mol. The van der Waals surface area contributed by atoms with Crippen LogP contribution in [0, 0.1) is 13.8 Å². The molecule has 1 heterocycles. The van der Waals surface area contributed by atoms with E-state index in [1.807, 2.05) is 44.2 Å². The molecule has 2 aromatic rings. The largest absolute Gasteiger partial charge is 0.325 e. The summed E-state index contributed by atoms with van der Waals surface area (Å²) in [7, 11) is 0. The average Bonchev–Trinajstić information content (AvgIpc) is 2.59. The van der Waals surface area contributed by atoms with Crippen molar-refractivity contribution in [3.05, 3.63) is 64.2 Å². The molecule has 0 N–H and O–H groups in total. The van der Waals surface area contributed by atoms with E-state index in [1.54, 1.807) is 28.9 Å². The summed E-state index contributed by atoms with van der Waals surface area (Å²) in [4.78, 5) is 29.1.